The molecule has 0 amide bonds. The smallest absolute Gasteiger partial charge is 0.308 e. The van der Waals surface area contributed by atoms with Gasteiger partial charge in [0.25, 0.3) is 0 Å². The average Bonchev–Trinajstić information content (AvgIpc) is 2.57. The second-order valence-corrected chi connectivity index (χ2v) is 4.08. The van der Waals surface area contributed by atoms with Crippen molar-refractivity contribution < 1.29 is 14.6 Å². The Labute approximate surface area is 105 Å². The van der Waals surface area contributed by atoms with Gasteiger partial charge in [-0.1, -0.05) is 0 Å². The lowest BCUT2D eigenvalue weighted by atomic mass is 10.2. The van der Waals surface area contributed by atoms with E-state index in [1.807, 2.05) is 19.9 Å². The molecule has 1 aromatic heterocycles. The first-order valence-electron chi connectivity index (χ1n) is 5.52. The summed E-state index contributed by atoms with van der Waals surface area (Å²) in [6.45, 7) is 5.10. The van der Waals surface area contributed by atoms with E-state index in [9.17, 15) is 9.90 Å². The molecular weight excluding hydrogens is 232 g/mol. The second-order valence-electron chi connectivity index (χ2n) is 4.08. The van der Waals surface area contributed by atoms with Gasteiger partial charge in [-0.05, 0) is 32.0 Å². The topological polar surface area (TPSA) is 64.4 Å². The van der Waals surface area contributed by atoms with Gasteiger partial charge in [0.15, 0.2) is 0 Å². The lowest BCUT2D eigenvalue weighted by molar-refractivity contribution is -0.131. The number of hydrogen-bond acceptors (Lipinski definition) is 4. The molecule has 0 saturated carbocycles. The maximum atomic E-state index is 10.8. The Balaban J connectivity index is 2.41. The third kappa shape index (κ3) is 2.34. The monoisotopic (exact) mass is 246 g/mol. The van der Waals surface area contributed by atoms with Crippen LogP contribution >= 0.6 is 0 Å². The zero-order valence-electron chi connectivity index (χ0n) is 10.5. The number of esters is 1. The van der Waals surface area contributed by atoms with Crippen LogP contribution in [-0.4, -0.2) is 20.9 Å². The number of hydrogen-bond donors (Lipinski definition) is 1. The summed E-state index contributed by atoms with van der Waals surface area (Å²) in [6, 6.07) is 6.59. The van der Waals surface area contributed by atoms with Gasteiger partial charge < -0.3 is 9.84 Å². The fourth-order valence-corrected chi connectivity index (χ4v) is 1.78. The molecule has 1 N–H and O–H groups in total. The van der Waals surface area contributed by atoms with Crippen LogP contribution in [-0.2, 0) is 4.79 Å². The minimum absolute atomic E-state index is 0.0138. The molecule has 0 bridgehead atoms. The maximum absolute atomic E-state index is 10.8. The number of aromatic nitrogens is 2. The van der Waals surface area contributed by atoms with E-state index in [1.54, 1.807) is 16.8 Å². The molecule has 0 radical (unpaired) electrons. The van der Waals surface area contributed by atoms with Gasteiger partial charge in [-0.2, -0.15) is 5.10 Å². The molecule has 0 saturated heterocycles. The van der Waals surface area contributed by atoms with Crippen molar-refractivity contribution in [2.75, 3.05) is 0 Å². The molecule has 5 nitrogen and oxygen atoms in total. The van der Waals surface area contributed by atoms with E-state index in [-0.39, 0.29) is 5.75 Å². The highest BCUT2D eigenvalue weighted by atomic mass is 16.5. The van der Waals surface area contributed by atoms with Crippen molar-refractivity contribution in [1.29, 1.82) is 0 Å². The van der Waals surface area contributed by atoms with Crippen LogP contribution in [0.1, 0.15) is 18.3 Å². The fraction of sp³-hybridized carbons (Fsp3) is 0.231. The summed E-state index contributed by atoms with van der Waals surface area (Å²) in [6.07, 6.45) is 0. The Kier molecular flexibility index (Phi) is 3.06. The molecule has 5 heteroatoms. The summed E-state index contributed by atoms with van der Waals surface area (Å²) in [5.74, 6) is -0.0986. The van der Waals surface area contributed by atoms with E-state index < -0.39 is 5.97 Å². The van der Waals surface area contributed by atoms with Crippen molar-refractivity contribution in [3.05, 3.63) is 35.7 Å². The zero-order chi connectivity index (χ0) is 13.3. The number of ether oxygens (including phenoxy) is 1. The van der Waals surface area contributed by atoms with Crippen molar-refractivity contribution in [3.8, 4) is 17.2 Å². The molecule has 94 valence electrons. The fourth-order valence-electron chi connectivity index (χ4n) is 1.78. The highest BCUT2D eigenvalue weighted by Crippen LogP contribution is 2.27. The standard InChI is InChI=1S/C13H14N2O3/c1-8-6-9(2)15(14-8)12-5-4-11(7-13(12)17)18-10(3)16/h4-7,17H,1-3H3. The molecule has 2 rings (SSSR count). The van der Waals surface area contributed by atoms with Gasteiger partial charge in [0, 0.05) is 18.7 Å². The summed E-state index contributed by atoms with van der Waals surface area (Å²) in [7, 11) is 0. The lowest BCUT2D eigenvalue weighted by Crippen LogP contribution is -2.03. The molecule has 2 aromatic rings. The zero-order valence-corrected chi connectivity index (χ0v) is 10.5. The highest BCUT2D eigenvalue weighted by Gasteiger charge is 2.10. The molecule has 0 aliphatic carbocycles. The Morgan fingerprint density at radius 2 is 2.06 bits per heavy atom. The van der Waals surface area contributed by atoms with E-state index in [2.05, 4.69) is 5.10 Å². The van der Waals surface area contributed by atoms with Gasteiger partial charge in [-0.15, -0.1) is 0 Å². The normalized spacial score (nSPS) is 10.4. The number of phenols is 1. The third-order valence-corrected chi connectivity index (χ3v) is 2.45. The summed E-state index contributed by atoms with van der Waals surface area (Å²) in [4.78, 5) is 10.8. The van der Waals surface area contributed by atoms with E-state index in [0.29, 0.717) is 11.4 Å². The average molecular weight is 246 g/mol. The predicted octanol–water partition coefficient (Wildman–Crippen LogP) is 2.12. The van der Waals surface area contributed by atoms with Crippen molar-refractivity contribution in [2.24, 2.45) is 0 Å². The van der Waals surface area contributed by atoms with Crippen LogP contribution < -0.4 is 4.74 Å². The molecular formula is C13H14N2O3. The van der Waals surface area contributed by atoms with Gasteiger partial charge in [0.1, 0.15) is 17.2 Å². The number of phenolic OH excluding ortho intramolecular Hbond substituents is 1. The minimum Gasteiger partial charge on any atom is -0.506 e. The minimum atomic E-state index is -0.423. The Bertz CT molecular complexity index is 602. The van der Waals surface area contributed by atoms with Gasteiger partial charge in [-0.3, -0.25) is 4.79 Å². The van der Waals surface area contributed by atoms with Gasteiger partial charge >= 0.3 is 5.97 Å². The number of carbonyl (C=O) groups is 1. The van der Waals surface area contributed by atoms with E-state index in [0.717, 1.165) is 11.4 Å². The molecule has 1 heterocycles. The predicted molar refractivity (Wildman–Crippen MR) is 66.0 cm³/mol. The Hall–Kier alpha value is -2.30. The molecule has 0 fully saturated rings. The summed E-state index contributed by atoms with van der Waals surface area (Å²) < 4.78 is 6.53. The summed E-state index contributed by atoms with van der Waals surface area (Å²) in [5, 5.41) is 14.2. The molecule has 0 aliphatic heterocycles. The Morgan fingerprint density at radius 3 is 2.56 bits per heavy atom. The van der Waals surface area contributed by atoms with E-state index >= 15 is 0 Å². The number of nitrogens with zero attached hydrogens (tertiary/aromatic N) is 2. The Morgan fingerprint density at radius 1 is 1.33 bits per heavy atom. The van der Waals surface area contributed by atoms with Gasteiger partial charge in [-0.25, -0.2) is 4.68 Å². The van der Waals surface area contributed by atoms with Crippen molar-refractivity contribution >= 4 is 5.97 Å². The van der Waals surface area contributed by atoms with Crippen molar-refractivity contribution in [1.82, 2.24) is 9.78 Å². The maximum Gasteiger partial charge on any atom is 0.308 e. The number of rotatable bonds is 2. The van der Waals surface area contributed by atoms with Crippen molar-refractivity contribution in [3.63, 3.8) is 0 Å². The molecule has 0 aliphatic rings. The number of aromatic hydroxyl groups is 1. The van der Waals surface area contributed by atoms with Crippen LogP contribution in [0, 0.1) is 13.8 Å². The van der Waals surface area contributed by atoms with Crippen LogP contribution in [0.25, 0.3) is 5.69 Å². The van der Waals surface area contributed by atoms with E-state index in [1.165, 1.54) is 13.0 Å². The summed E-state index contributed by atoms with van der Waals surface area (Å²) in [5.41, 5.74) is 2.34. The van der Waals surface area contributed by atoms with Crippen molar-refractivity contribution in [2.45, 2.75) is 20.8 Å². The summed E-state index contributed by atoms with van der Waals surface area (Å²) >= 11 is 0. The highest BCUT2D eigenvalue weighted by molar-refractivity contribution is 5.69. The molecule has 0 unspecified atom stereocenters. The first-order valence-corrected chi connectivity index (χ1v) is 5.52. The quantitative estimate of drug-likeness (QED) is 0.651. The largest absolute Gasteiger partial charge is 0.506 e. The lowest BCUT2D eigenvalue weighted by Gasteiger charge is -2.08. The number of aryl methyl sites for hydroxylation is 2. The van der Waals surface area contributed by atoms with Crippen LogP contribution in [0.5, 0.6) is 11.5 Å². The van der Waals surface area contributed by atoms with Gasteiger partial charge in [0.05, 0.1) is 5.69 Å². The number of benzene rings is 1. The second kappa shape index (κ2) is 4.52. The van der Waals surface area contributed by atoms with Crippen LogP contribution in [0.3, 0.4) is 0 Å². The van der Waals surface area contributed by atoms with E-state index in [4.69, 9.17) is 4.74 Å². The molecule has 0 spiro atoms. The molecule has 1 aromatic carbocycles. The van der Waals surface area contributed by atoms with Crippen LogP contribution in [0.15, 0.2) is 24.3 Å². The van der Waals surface area contributed by atoms with Crippen LogP contribution in [0.4, 0.5) is 0 Å². The number of carbonyl (C=O) groups excluding carboxylic acids is 1. The first-order chi connectivity index (χ1) is 8.47. The van der Waals surface area contributed by atoms with Gasteiger partial charge in [0.2, 0.25) is 0 Å². The third-order valence-electron chi connectivity index (χ3n) is 2.45. The first kappa shape index (κ1) is 12.2. The molecule has 18 heavy (non-hydrogen) atoms. The SMILES string of the molecule is CC(=O)Oc1ccc(-n2nc(C)cc2C)c(O)c1. The molecule has 0 atom stereocenters. The van der Waals surface area contributed by atoms with Crippen LogP contribution in [0.2, 0.25) is 0 Å².